The zero-order valence-electron chi connectivity index (χ0n) is 9.05. The number of aromatic nitrogens is 1. The highest BCUT2D eigenvalue weighted by Crippen LogP contribution is 2.26. The Kier molecular flexibility index (Phi) is 2.22. The van der Waals surface area contributed by atoms with Gasteiger partial charge in [-0.1, -0.05) is 30.3 Å². The fourth-order valence-corrected chi connectivity index (χ4v) is 1.95. The van der Waals surface area contributed by atoms with Gasteiger partial charge in [0.05, 0.1) is 0 Å². The fourth-order valence-electron chi connectivity index (χ4n) is 1.95. The fraction of sp³-hybridized carbons (Fsp3) is 0. The van der Waals surface area contributed by atoms with Gasteiger partial charge in [0.1, 0.15) is 5.69 Å². The summed E-state index contributed by atoms with van der Waals surface area (Å²) >= 11 is 0. The van der Waals surface area contributed by atoms with Crippen LogP contribution >= 0.6 is 0 Å². The van der Waals surface area contributed by atoms with E-state index in [0.717, 1.165) is 22.2 Å². The summed E-state index contributed by atoms with van der Waals surface area (Å²) in [5.74, 6) is 0. The Balaban J connectivity index is 2.17. The molecular formula is C14H10N2O. The average Bonchev–Trinajstić information content (AvgIpc) is 2.82. The van der Waals surface area contributed by atoms with E-state index in [-0.39, 0.29) is 0 Å². The molecule has 1 N–H and O–H groups in total. The number of nitrogens with zero attached hydrogens (tertiary/aromatic N) is 1. The van der Waals surface area contributed by atoms with Crippen LogP contribution in [0.4, 0.5) is 5.69 Å². The van der Waals surface area contributed by atoms with Crippen molar-refractivity contribution in [1.29, 1.82) is 0 Å². The zero-order valence-corrected chi connectivity index (χ0v) is 9.05. The molecule has 0 aliphatic carbocycles. The number of hydrogen-bond acceptors (Lipinski definition) is 2. The molecular weight excluding hydrogens is 212 g/mol. The number of H-pyrrole nitrogens is 1. The molecule has 1 aromatic heterocycles. The highest BCUT2D eigenvalue weighted by Gasteiger charge is 2.03. The smallest absolute Gasteiger partial charge is 0.108 e. The Morgan fingerprint density at radius 3 is 2.53 bits per heavy atom. The monoisotopic (exact) mass is 222 g/mol. The molecule has 1 heterocycles. The Morgan fingerprint density at radius 2 is 1.76 bits per heavy atom. The summed E-state index contributed by atoms with van der Waals surface area (Å²) in [4.78, 5) is 13.8. The third-order valence-corrected chi connectivity index (χ3v) is 2.79. The van der Waals surface area contributed by atoms with Gasteiger partial charge in [-0.15, -0.1) is 4.91 Å². The molecule has 0 saturated heterocycles. The number of benzene rings is 2. The minimum absolute atomic E-state index is 0.455. The molecule has 0 aliphatic rings. The maximum absolute atomic E-state index is 10.5. The van der Waals surface area contributed by atoms with Crippen molar-refractivity contribution < 1.29 is 0 Å². The van der Waals surface area contributed by atoms with Crippen molar-refractivity contribution in [3.8, 4) is 11.3 Å². The normalized spacial score (nSPS) is 10.6. The molecule has 17 heavy (non-hydrogen) atoms. The predicted molar refractivity (Wildman–Crippen MR) is 69.2 cm³/mol. The molecule has 0 saturated carbocycles. The minimum atomic E-state index is 0.455. The lowest BCUT2D eigenvalue weighted by Gasteiger charge is -1.94. The van der Waals surface area contributed by atoms with Crippen LogP contribution < -0.4 is 0 Å². The Labute approximate surface area is 98.1 Å². The van der Waals surface area contributed by atoms with E-state index in [1.165, 1.54) is 0 Å². The second kappa shape index (κ2) is 3.87. The molecule has 3 rings (SSSR count). The van der Waals surface area contributed by atoms with E-state index in [4.69, 9.17) is 0 Å². The van der Waals surface area contributed by atoms with Gasteiger partial charge >= 0.3 is 0 Å². The summed E-state index contributed by atoms with van der Waals surface area (Å²) in [5, 5.41) is 3.94. The predicted octanol–water partition coefficient (Wildman–Crippen LogP) is 4.23. The van der Waals surface area contributed by atoms with Crippen LogP contribution in [0.15, 0.2) is 59.8 Å². The standard InChI is InChI=1S/C14H10N2O/c17-16-12-6-7-13-11(8-12)9-14(15-13)10-4-2-1-3-5-10/h1-9,15H. The number of rotatable bonds is 2. The summed E-state index contributed by atoms with van der Waals surface area (Å²) in [7, 11) is 0. The zero-order chi connectivity index (χ0) is 11.7. The molecule has 0 spiro atoms. The molecule has 82 valence electrons. The summed E-state index contributed by atoms with van der Waals surface area (Å²) in [5.41, 5.74) is 3.64. The maximum atomic E-state index is 10.5. The molecule has 0 bridgehead atoms. The van der Waals surface area contributed by atoms with Crippen molar-refractivity contribution in [2.75, 3.05) is 0 Å². The Hall–Kier alpha value is -2.42. The van der Waals surface area contributed by atoms with Crippen LogP contribution in [0.5, 0.6) is 0 Å². The van der Waals surface area contributed by atoms with E-state index in [1.807, 2.05) is 42.5 Å². The first-order valence-corrected chi connectivity index (χ1v) is 5.38. The summed E-state index contributed by atoms with van der Waals surface area (Å²) in [6, 6.07) is 17.5. The van der Waals surface area contributed by atoms with Gasteiger partial charge in [-0.05, 0) is 35.0 Å². The topological polar surface area (TPSA) is 45.2 Å². The highest BCUT2D eigenvalue weighted by molar-refractivity contribution is 5.87. The van der Waals surface area contributed by atoms with Gasteiger partial charge in [0.2, 0.25) is 0 Å². The second-order valence-electron chi connectivity index (χ2n) is 3.91. The van der Waals surface area contributed by atoms with Gasteiger partial charge in [0.25, 0.3) is 0 Å². The molecule has 0 fully saturated rings. The molecule has 0 amide bonds. The lowest BCUT2D eigenvalue weighted by atomic mass is 10.1. The van der Waals surface area contributed by atoms with Crippen molar-refractivity contribution in [3.05, 3.63) is 59.5 Å². The van der Waals surface area contributed by atoms with Gasteiger partial charge in [0.15, 0.2) is 0 Å². The van der Waals surface area contributed by atoms with Gasteiger partial charge in [0, 0.05) is 16.6 Å². The average molecular weight is 222 g/mol. The van der Waals surface area contributed by atoms with Crippen LogP contribution in [-0.4, -0.2) is 4.98 Å². The van der Waals surface area contributed by atoms with Crippen LogP contribution in [-0.2, 0) is 0 Å². The molecule has 3 nitrogen and oxygen atoms in total. The van der Waals surface area contributed by atoms with Gasteiger partial charge < -0.3 is 4.98 Å². The molecule has 0 unspecified atom stereocenters. The number of hydrogen-bond donors (Lipinski definition) is 1. The van der Waals surface area contributed by atoms with E-state index >= 15 is 0 Å². The molecule has 0 atom stereocenters. The van der Waals surface area contributed by atoms with Crippen molar-refractivity contribution in [1.82, 2.24) is 4.98 Å². The Morgan fingerprint density at radius 1 is 0.941 bits per heavy atom. The SMILES string of the molecule is O=Nc1ccc2[nH]c(-c3ccccc3)cc2c1. The molecule has 3 heteroatoms. The Bertz CT molecular complexity index is 671. The van der Waals surface area contributed by atoms with E-state index < -0.39 is 0 Å². The van der Waals surface area contributed by atoms with E-state index in [2.05, 4.69) is 10.2 Å². The van der Waals surface area contributed by atoms with Crippen molar-refractivity contribution >= 4 is 16.6 Å². The van der Waals surface area contributed by atoms with E-state index in [0.29, 0.717) is 5.69 Å². The lowest BCUT2D eigenvalue weighted by Crippen LogP contribution is -1.74. The molecule has 3 aromatic rings. The first-order chi connectivity index (χ1) is 8.36. The van der Waals surface area contributed by atoms with Crippen molar-refractivity contribution in [3.63, 3.8) is 0 Å². The first-order valence-electron chi connectivity index (χ1n) is 5.38. The molecule has 0 radical (unpaired) electrons. The van der Waals surface area contributed by atoms with Gasteiger partial charge in [-0.2, -0.15) is 0 Å². The summed E-state index contributed by atoms with van der Waals surface area (Å²) in [6.45, 7) is 0. The highest BCUT2D eigenvalue weighted by atomic mass is 16.3. The summed E-state index contributed by atoms with van der Waals surface area (Å²) in [6.07, 6.45) is 0. The minimum Gasteiger partial charge on any atom is -0.355 e. The third kappa shape index (κ3) is 1.72. The number of nitroso groups, excluding NO2 is 1. The molecule has 0 aliphatic heterocycles. The number of fused-ring (bicyclic) bond motifs is 1. The van der Waals surface area contributed by atoms with Gasteiger partial charge in [-0.3, -0.25) is 0 Å². The van der Waals surface area contributed by atoms with Crippen LogP contribution in [0.2, 0.25) is 0 Å². The molecule has 2 aromatic carbocycles. The largest absolute Gasteiger partial charge is 0.355 e. The van der Waals surface area contributed by atoms with Crippen LogP contribution in [0.1, 0.15) is 0 Å². The van der Waals surface area contributed by atoms with E-state index in [9.17, 15) is 4.91 Å². The quantitative estimate of drug-likeness (QED) is 0.648. The van der Waals surface area contributed by atoms with Crippen LogP contribution in [0.25, 0.3) is 22.2 Å². The van der Waals surface area contributed by atoms with Crippen LogP contribution in [0.3, 0.4) is 0 Å². The first kappa shape index (κ1) is 9.78. The van der Waals surface area contributed by atoms with Gasteiger partial charge in [-0.25, -0.2) is 0 Å². The third-order valence-electron chi connectivity index (χ3n) is 2.79. The second-order valence-corrected chi connectivity index (χ2v) is 3.91. The maximum Gasteiger partial charge on any atom is 0.108 e. The van der Waals surface area contributed by atoms with Crippen molar-refractivity contribution in [2.24, 2.45) is 5.18 Å². The van der Waals surface area contributed by atoms with Crippen LogP contribution in [0, 0.1) is 4.91 Å². The number of nitrogens with one attached hydrogen (secondary N) is 1. The van der Waals surface area contributed by atoms with Crippen molar-refractivity contribution in [2.45, 2.75) is 0 Å². The lowest BCUT2D eigenvalue weighted by molar-refractivity contribution is 1.45. The number of aromatic amines is 1. The van der Waals surface area contributed by atoms with E-state index in [1.54, 1.807) is 12.1 Å². The summed E-state index contributed by atoms with van der Waals surface area (Å²) < 4.78 is 0.